The summed E-state index contributed by atoms with van der Waals surface area (Å²) in [5, 5.41) is 12.3. The lowest BCUT2D eigenvalue weighted by Gasteiger charge is -2.07. The maximum atomic E-state index is 11.9. The molecule has 2 aromatic rings. The predicted molar refractivity (Wildman–Crippen MR) is 88.5 cm³/mol. The van der Waals surface area contributed by atoms with Crippen molar-refractivity contribution in [1.29, 1.82) is 0 Å². The Balaban J connectivity index is 1.96. The second-order valence-electron chi connectivity index (χ2n) is 4.80. The number of amides is 1. The lowest BCUT2D eigenvalue weighted by Crippen LogP contribution is -2.20. The van der Waals surface area contributed by atoms with Crippen molar-refractivity contribution in [2.45, 2.75) is 6.54 Å². The number of benzene rings is 2. The zero-order chi connectivity index (χ0) is 16.7. The third kappa shape index (κ3) is 4.51. The Labute approximate surface area is 135 Å². The average molecular weight is 313 g/mol. The highest BCUT2D eigenvalue weighted by Gasteiger charge is 2.04. The van der Waals surface area contributed by atoms with Crippen molar-refractivity contribution >= 4 is 12.0 Å². The summed E-state index contributed by atoms with van der Waals surface area (Å²) < 4.78 is 10.3. The molecular weight excluding hydrogens is 294 g/mol. The number of aromatic hydroxyl groups is 1. The monoisotopic (exact) mass is 313 g/mol. The fraction of sp³-hybridized carbons (Fsp3) is 0.167. The molecule has 1 amide bonds. The number of nitrogens with one attached hydrogen (secondary N) is 1. The van der Waals surface area contributed by atoms with E-state index in [1.54, 1.807) is 25.3 Å². The quantitative estimate of drug-likeness (QED) is 0.805. The molecule has 2 rings (SSSR count). The fourth-order valence-electron chi connectivity index (χ4n) is 2.05. The normalized spacial score (nSPS) is 10.5. The minimum atomic E-state index is -0.219. The molecule has 23 heavy (non-hydrogen) atoms. The Morgan fingerprint density at radius 3 is 2.61 bits per heavy atom. The van der Waals surface area contributed by atoms with Crippen LogP contribution >= 0.6 is 0 Å². The standard InChI is InChI=1S/C18H19NO4/c1-22-16-6-4-3-5-14(16)8-10-18(21)19-12-13-7-9-15(20)17(11-13)23-2/h3-11,20H,12H2,1-2H3,(H,19,21)/b10-8+. The first-order valence-corrected chi connectivity index (χ1v) is 7.09. The van der Waals surface area contributed by atoms with E-state index in [0.29, 0.717) is 18.0 Å². The lowest BCUT2D eigenvalue weighted by atomic mass is 10.2. The highest BCUT2D eigenvalue weighted by atomic mass is 16.5. The molecule has 0 aromatic heterocycles. The number of phenols is 1. The summed E-state index contributed by atoms with van der Waals surface area (Å²) in [6, 6.07) is 12.4. The van der Waals surface area contributed by atoms with Crippen molar-refractivity contribution in [3.05, 3.63) is 59.7 Å². The molecule has 0 fully saturated rings. The molecule has 0 atom stereocenters. The van der Waals surface area contributed by atoms with Gasteiger partial charge >= 0.3 is 0 Å². The largest absolute Gasteiger partial charge is 0.504 e. The molecule has 0 saturated heterocycles. The Morgan fingerprint density at radius 1 is 1.13 bits per heavy atom. The molecule has 0 bridgehead atoms. The number of hydrogen-bond donors (Lipinski definition) is 2. The summed E-state index contributed by atoms with van der Waals surface area (Å²) in [5.74, 6) is 0.933. The molecular formula is C18H19NO4. The van der Waals surface area contributed by atoms with Crippen LogP contribution in [0.1, 0.15) is 11.1 Å². The summed E-state index contributed by atoms with van der Waals surface area (Å²) in [6.07, 6.45) is 3.15. The van der Waals surface area contributed by atoms with Crippen LogP contribution in [-0.4, -0.2) is 25.2 Å². The first-order chi connectivity index (χ1) is 11.1. The van der Waals surface area contributed by atoms with Gasteiger partial charge in [0.25, 0.3) is 0 Å². The molecule has 0 radical (unpaired) electrons. The molecule has 5 heteroatoms. The molecule has 0 aliphatic carbocycles. The Bertz CT molecular complexity index is 710. The van der Waals surface area contributed by atoms with Gasteiger partial charge in [-0.3, -0.25) is 4.79 Å². The van der Waals surface area contributed by atoms with Crippen LogP contribution in [0.3, 0.4) is 0 Å². The first kappa shape index (κ1) is 16.4. The van der Waals surface area contributed by atoms with Crippen molar-refractivity contribution in [3.63, 3.8) is 0 Å². The zero-order valence-electron chi connectivity index (χ0n) is 13.1. The van der Waals surface area contributed by atoms with E-state index in [1.807, 2.05) is 24.3 Å². The van der Waals surface area contributed by atoms with Crippen LogP contribution in [-0.2, 0) is 11.3 Å². The molecule has 0 saturated carbocycles. The highest BCUT2D eigenvalue weighted by molar-refractivity contribution is 5.92. The van der Waals surface area contributed by atoms with Crippen LogP contribution in [0.2, 0.25) is 0 Å². The number of carbonyl (C=O) groups excluding carboxylic acids is 1. The summed E-state index contributed by atoms with van der Waals surface area (Å²) in [6.45, 7) is 0.339. The van der Waals surface area contributed by atoms with E-state index in [0.717, 1.165) is 11.1 Å². The number of methoxy groups -OCH3 is 2. The molecule has 120 valence electrons. The number of rotatable bonds is 6. The van der Waals surface area contributed by atoms with Crippen molar-refractivity contribution in [1.82, 2.24) is 5.32 Å². The topological polar surface area (TPSA) is 67.8 Å². The van der Waals surface area contributed by atoms with Crippen LogP contribution in [0, 0.1) is 0 Å². The van der Waals surface area contributed by atoms with E-state index in [2.05, 4.69) is 5.32 Å². The lowest BCUT2D eigenvalue weighted by molar-refractivity contribution is -0.116. The molecule has 5 nitrogen and oxygen atoms in total. The zero-order valence-corrected chi connectivity index (χ0v) is 13.1. The molecule has 2 aromatic carbocycles. The van der Waals surface area contributed by atoms with Crippen molar-refractivity contribution < 1.29 is 19.4 Å². The van der Waals surface area contributed by atoms with Crippen molar-refractivity contribution in [3.8, 4) is 17.2 Å². The van der Waals surface area contributed by atoms with Gasteiger partial charge in [0.1, 0.15) is 5.75 Å². The van der Waals surface area contributed by atoms with Gasteiger partial charge in [-0.15, -0.1) is 0 Å². The Kier molecular flexibility index (Phi) is 5.63. The van der Waals surface area contributed by atoms with Gasteiger partial charge in [-0.05, 0) is 29.8 Å². The predicted octanol–water partition coefficient (Wildman–Crippen LogP) is 2.74. The fourth-order valence-corrected chi connectivity index (χ4v) is 2.05. The van der Waals surface area contributed by atoms with Gasteiger partial charge in [0.15, 0.2) is 11.5 Å². The minimum Gasteiger partial charge on any atom is -0.504 e. The van der Waals surface area contributed by atoms with Crippen LogP contribution in [0.15, 0.2) is 48.5 Å². The molecule has 0 aliphatic rings. The Morgan fingerprint density at radius 2 is 1.87 bits per heavy atom. The van der Waals surface area contributed by atoms with Crippen molar-refractivity contribution in [2.24, 2.45) is 0 Å². The number of para-hydroxylation sites is 1. The minimum absolute atomic E-state index is 0.0682. The maximum absolute atomic E-state index is 11.9. The second kappa shape index (κ2) is 7.89. The second-order valence-corrected chi connectivity index (χ2v) is 4.80. The smallest absolute Gasteiger partial charge is 0.244 e. The average Bonchev–Trinajstić information content (AvgIpc) is 2.59. The van der Waals surface area contributed by atoms with E-state index in [1.165, 1.54) is 19.3 Å². The summed E-state index contributed by atoms with van der Waals surface area (Å²) in [5.41, 5.74) is 1.66. The number of hydrogen-bond acceptors (Lipinski definition) is 4. The van der Waals surface area contributed by atoms with E-state index >= 15 is 0 Å². The van der Waals surface area contributed by atoms with Crippen LogP contribution in [0.4, 0.5) is 0 Å². The van der Waals surface area contributed by atoms with Crippen LogP contribution in [0.25, 0.3) is 6.08 Å². The van der Waals surface area contributed by atoms with Gasteiger partial charge in [-0.25, -0.2) is 0 Å². The number of phenolic OH excluding ortho intramolecular Hbond substituents is 1. The van der Waals surface area contributed by atoms with Gasteiger partial charge in [-0.1, -0.05) is 24.3 Å². The molecule has 0 unspecified atom stereocenters. The first-order valence-electron chi connectivity index (χ1n) is 7.09. The van der Waals surface area contributed by atoms with Crippen molar-refractivity contribution in [2.75, 3.05) is 14.2 Å². The van der Waals surface area contributed by atoms with Gasteiger partial charge in [0.2, 0.25) is 5.91 Å². The number of carbonyl (C=O) groups is 1. The SMILES string of the molecule is COc1cc(CNC(=O)/C=C/c2ccccc2OC)ccc1O. The maximum Gasteiger partial charge on any atom is 0.244 e. The van der Waals surface area contributed by atoms with Crippen LogP contribution < -0.4 is 14.8 Å². The highest BCUT2D eigenvalue weighted by Crippen LogP contribution is 2.26. The van der Waals surface area contributed by atoms with Crippen LogP contribution in [0.5, 0.6) is 17.2 Å². The van der Waals surface area contributed by atoms with Gasteiger partial charge < -0.3 is 19.9 Å². The van der Waals surface area contributed by atoms with Gasteiger partial charge in [0, 0.05) is 18.2 Å². The Hall–Kier alpha value is -2.95. The third-order valence-electron chi connectivity index (χ3n) is 3.26. The van der Waals surface area contributed by atoms with E-state index in [9.17, 15) is 9.90 Å². The number of ether oxygens (including phenoxy) is 2. The summed E-state index contributed by atoms with van der Waals surface area (Å²) >= 11 is 0. The molecule has 2 N–H and O–H groups in total. The summed E-state index contributed by atoms with van der Waals surface area (Å²) in [4.78, 5) is 11.9. The third-order valence-corrected chi connectivity index (χ3v) is 3.26. The van der Waals surface area contributed by atoms with E-state index in [-0.39, 0.29) is 11.7 Å². The molecule has 0 heterocycles. The van der Waals surface area contributed by atoms with Gasteiger partial charge in [-0.2, -0.15) is 0 Å². The molecule has 0 spiro atoms. The van der Waals surface area contributed by atoms with E-state index in [4.69, 9.17) is 9.47 Å². The molecule has 0 aliphatic heterocycles. The van der Waals surface area contributed by atoms with Gasteiger partial charge in [0.05, 0.1) is 14.2 Å². The summed E-state index contributed by atoms with van der Waals surface area (Å²) in [7, 11) is 3.07. The van der Waals surface area contributed by atoms with E-state index < -0.39 is 0 Å².